The van der Waals surface area contributed by atoms with Crippen LogP contribution in [-0.4, -0.2) is 57.0 Å². The van der Waals surface area contributed by atoms with E-state index in [0.29, 0.717) is 5.69 Å². The van der Waals surface area contributed by atoms with Gasteiger partial charge in [0.05, 0.1) is 11.9 Å². The molecular formula is C15H20N6O. The van der Waals surface area contributed by atoms with Gasteiger partial charge in [0.25, 0.3) is 5.91 Å². The molecule has 1 aliphatic heterocycles. The Morgan fingerprint density at radius 1 is 1.23 bits per heavy atom. The smallest absolute Gasteiger partial charge is 0.274 e. The number of H-pyrrole nitrogens is 1. The predicted molar refractivity (Wildman–Crippen MR) is 81.9 cm³/mol. The van der Waals surface area contributed by atoms with E-state index in [4.69, 9.17) is 0 Å². The van der Waals surface area contributed by atoms with Crippen LogP contribution in [0.1, 0.15) is 28.2 Å². The highest BCUT2D eigenvalue weighted by atomic mass is 16.2. The van der Waals surface area contributed by atoms with E-state index in [0.717, 1.165) is 62.4 Å². The van der Waals surface area contributed by atoms with E-state index in [1.165, 1.54) is 0 Å². The molecule has 1 N–H and O–H groups in total. The SMILES string of the molecule is Cn1cc(N2CCN(C(=O)c3n[nH]c4c3CCC4)CC2)cn1. The third-order valence-corrected chi connectivity index (χ3v) is 4.63. The first-order valence-corrected chi connectivity index (χ1v) is 7.81. The molecule has 3 heterocycles. The van der Waals surface area contributed by atoms with E-state index >= 15 is 0 Å². The Hall–Kier alpha value is -2.31. The van der Waals surface area contributed by atoms with Crippen molar-refractivity contribution in [2.24, 2.45) is 7.05 Å². The van der Waals surface area contributed by atoms with Crippen molar-refractivity contribution in [1.82, 2.24) is 24.9 Å². The molecule has 7 nitrogen and oxygen atoms in total. The van der Waals surface area contributed by atoms with Crippen LogP contribution in [0.5, 0.6) is 0 Å². The fourth-order valence-electron chi connectivity index (χ4n) is 3.39. The van der Waals surface area contributed by atoms with Gasteiger partial charge in [0.2, 0.25) is 0 Å². The summed E-state index contributed by atoms with van der Waals surface area (Å²) in [5.41, 5.74) is 4.05. The monoisotopic (exact) mass is 300 g/mol. The highest BCUT2D eigenvalue weighted by Gasteiger charge is 2.28. The Morgan fingerprint density at radius 2 is 2.05 bits per heavy atom. The Morgan fingerprint density at radius 3 is 2.77 bits per heavy atom. The van der Waals surface area contributed by atoms with Crippen molar-refractivity contribution in [2.75, 3.05) is 31.1 Å². The molecule has 0 spiro atoms. The minimum Gasteiger partial charge on any atom is -0.365 e. The lowest BCUT2D eigenvalue weighted by molar-refractivity contribution is 0.0739. The maximum Gasteiger partial charge on any atom is 0.274 e. The molecule has 116 valence electrons. The number of fused-ring (bicyclic) bond motifs is 1. The lowest BCUT2D eigenvalue weighted by atomic mass is 10.1. The molecule has 22 heavy (non-hydrogen) atoms. The summed E-state index contributed by atoms with van der Waals surface area (Å²) in [4.78, 5) is 16.9. The molecule has 7 heteroatoms. The first-order chi connectivity index (χ1) is 10.7. The van der Waals surface area contributed by atoms with Gasteiger partial charge in [-0.05, 0) is 19.3 Å². The molecule has 0 saturated carbocycles. The summed E-state index contributed by atoms with van der Waals surface area (Å²) in [7, 11) is 1.92. The van der Waals surface area contributed by atoms with Crippen molar-refractivity contribution in [3.8, 4) is 0 Å². The fourth-order valence-corrected chi connectivity index (χ4v) is 3.39. The van der Waals surface area contributed by atoms with E-state index in [2.05, 4.69) is 20.2 Å². The van der Waals surface area contributed by atoms with Crippen molar-refractivity contribution < 1.29 is 4.79 Å². The van der Waals surface area contributed by atoms with Crippen LogP contribution in [0.4, 0.5) is 5.69 Å². The number of anilines is 1. The number of aromatic nitrogens is 4. The third kappa shape index (κ3) is 2.17. The highest BCUT2D eigenvalue weighted by Crippen LogP contribution is 2.24. The van der Waals surface area contributed by atoms with Crippen LogP contribution >= 0.6 is 0 Å². The number of nitrogens with one attached hydrogen (secondary N) is 1. The van der Waals surface area contributed by atoms with Gasteiger partial charge in [-0.25, -0.2) is 0 Å². The normalized spacial score (nSPS) is 17.9. The van der Waals surface area contributed by atoms with Crippen LogP contribution in [0.25, 0.3) is 0 Å². The zero-order valence-electron chi connectivity index (χ0n) is 12.7. The summed E-state index contributed by atoms with van der Waals surface area (Å²) in [6.07, 6.45) is 7.00. The molecule has 0 radical (unpaired) electrons. The Labute approximate surface area is 128 Å². The van der Waals surface area contributed by atoms with Gasteiger partial charge in [-0.15, -0.1) is 0 Å². The largest absolute Gasteiger partial charge is 0.365 e. The molecule has 1 aliphatic carbocycles. The van der Waals surface area contributed by atoms with Gasteiger partial charge < -0.3 is 9.80 Å². The quantitative estimate of drug-likeness (QED) is 0.881. The van der Waals surface area contributed by atoms with Crippen LogP contribution in [0.2, 0.25) is 0 Å². The zero-order valence-corrected chi connectivity index (χ0v) is 12.7. The number of hydrogen-bond acceptors (Lipinski definition) is 4. The summed E-state index contributed by atoms with van der Waals surface area (Å²) in [5, 5.41) is 11.5. The maximum atomic E-state index is 12.7. The number of amides is 1. The van der Waals surface area contributed by atoms with E-state index in [9.17, 15) is 4.79 Å². The van der Waals surface area contributed by atoms with Crippen molar-refractivity contribution in [3.05, 3.63) is 29.3 Å². The molecule has 2 aliphatic rings. The zero-order chi connectivity index (χ0) is 15.1. The van der Waals surface area contributed by atoms with Crippen LogP contribution in [0.3, 0.4) is 0 Å². The van der Waals surface area contributed by atoms with Crippen LogP contribution in [-0.2, 0) is 19.9 Å². The predicted octanol–water partition coefficient (Wildman–Crippen LogP) is 0.594. The number of aromatic amines is 1. The van der Waals surface area contributed by atoms with Crippen LogP contribution in [0, 0.1) is 0 Å². The van der Waals surface area contributed by atoms with Gasteiger partial charge in [0.1, 0.15) is 0 Å². The molecule has 2 aromatic heterocycles. The summed E-state index contributed by atoms with van der Waals surface area (Å²) in [6.45, 7) is 3.14. The minimum atomic E-state index is 0.0743. The molecule has 2 aromatic rings. The number of aryl methyl sites for hydroxylation is 2. The third-order valence-electron chi connectivity index (χ3n) is 4.63. The second-order valence-electron chi connectivity index (χ2n) is 6.03. The molecule has 0 aromatic carbocycles. The van der Waals surface area contributed by atoms with Crippen molar-refractivity contribution >= 4 is 11.6 Å². The lowest BCUT2D eigenvalue weighted by Gasteiger charge is -2.35. The Balaban J connectivity index is 1.44. The van der Waals surface area contributed by atoms with Crippen molar-refractivity contribution in [3.63, 3.8) is 0 Å². The van der Waals surface area contributed by atoms with Crippen molar-refractivity contribution in [2.45, 2.75) is 19.3 Å². The lowest BCUT2D eigenvalue weighted by Crippen LogP contribution is -2.49. The minimum absolute atomic E-state index is 0.0743. The maximum absolute atomic E-state index is 12.7. The standard InChI is InChI=1S/C15H20N6O/c1-19-10-11(9-16-19)20-5-7-21(8-6-20)15(22)14-12-3-2-4-13(12)17-18-14/h9-10H,2-8H2,1H3,(H,17,18). The second-order valence-corrected chi connectivity index (χ2v) is 6.03. The molecular weight excluding hydrogens is 280 g/mol. The number of carbonyl (C=O) groups is 1. The van der Waals surface area contributed by atoms with Gasteiger partial charge >= 0.3 is 0 Å². The Kier molecular flexibility index (Phi) is 3.13. The van der Waals surface area contributed by atoms with Gasteiger partial charge in [-0.2, -0.15) is 10.2 Å². The summed E-state index contributed by atoms with van der Waals surface area (Å²) in [6, 6.07) is 0. The molecule has 4 rings (SSSR count). The van der Waals surface area contributed by atoms with Crippen LogP contribution < -0.4 is 4.90 Å². The molecule has 1 amide bonds. The molecule has 1 fully saturated rings. The van der Waals surface area contributed by atoms with Gasteiger partial charge in [0.15, 0.2) is 5.69 Å². The van der Waals surface area contributed by atoms with E-state index < -0.39 is 0 Å². The summed E-state index contributed by atoms with van der Waals surface area (Å²) < 4.78 is 1.81. The van der Waals surface area contributed by atoms with Crippen LogP contribution in [0.15, 0.2) is 12.4 Å². The summed E-state index contributed by atoms with van der Waals surface area (Å²) in [5.74, 6) is 0.0743. The number of rotatable bonds is 2. The molecule has 0 bridgehead atoms. The van der Waals surface area contributed by atoms with E-state index in [1.807, 2.05) is 24.3 Å². The first kappa shape index (κ1) is 13.4. The first-order valence-electron chi connectivity index (χ1n) is 7.81. The van der Waals surface area contributed by atoms with Crippen molar-refractivity contribution in [1.29, 1.82) is 0 Å². The number of carbonyl (C=O) groups excluding carboxylic acids is 1. The topological polar surface area (TPSA) is 70.1 Å². The number of nitrogens with zero attached hydrogens (tertiary/aromatic N) is 5. The van der Waals surface area contributed by atoms with Gasteiger partial charge in [0, 0.05) is 50.7 Å². The van der Waals surface area contributed by atoms with E-state index in [1.54, 1.807) is 4.68 Å². The van der Waals surface area contributed by atoms with Gasteiger partial charge in [-0.3, -0.25) is 14.6 Å². The molecule has 0 atom stereocenters. The molecule has 0 unspecified atom stereocenters. The molecule has 1 saturated heterocycles. The number of piperazine rings is 1. The average Bonchev–Trinajstić information content (AvgIpc) is 3.23. The summed E-state index contributed by atoms with van der Waals surface area (Å²) >= 11 is 0. The van der Waals surface area contributed by atoms with E-state index in [-0.39, 0.29) is 5.91 Å². The van der Waals surface area contributed by atoms with Gasteiger partial charge in [-0.1, -0.05) is 0 Å². The second kappa shape index (κ2) is 5.15. The fraction of sp³-hybridized carbons (Fsp3) is 0.533. The Bertz CT molecular complexity index is 695. The average molecular weight is 300 g/mol. The highest BCUT2D eigenvalue weighted by molar-refractivity contribution is 5.94. The number of hydrogen-bond donors (Lipinski definition) is 1.